The first kappa shape index (κ1) is 16.7. The molecule has 0 saturated heterocycles. The number of nitrogens with zero attached hydrogens (tertiary/aromatic N) is 3. The lowest BCUT2D eigenvalue weighted by molar-refractivity contribution is 0.103. The van der Waals surface area contributed by atoms with Crippen LogP contribution in [0, 0.1) is 12.8 Å². The summed E-state index contributed by atoms with van der Waals surface area (Å²) in [6, 6.07) is 11.9. The number of hydrogen-bond donors (Lipinski definition) is 1. The minimum Gasteiger partial charge on any atom is -0.304 e. The first-order valence-corrected chi connectivity index (χ1v) is 9.52. The molecule has 132 valence electrons. The Balaban J connectivity index is 1.87. The fraction of sp³-hybridized carbons (Fsp3) is 0.250. The maximum absolute atomic E-state index is 12.5. The van der Waals surface area contributed by atoms with Gasteiger partial charge in [-0.05, 0) is 35.9 Å². The first-order valence-electron chi connectivity index (χ1n) is 8.64. The van der Waals surface area contributed by atoms with Crippen LogP contribution in [0.5, 0.6) is 0 Å². The minimum atomic E-state index is -0.138. The molecule has 0 aliphatic heterocycles. The van der Waals surface area contributed by atoms with Crippen LogP contribution in [-0.4, -0.2) is 20.7 Å². The summed E-state index contributed by atoms with van der Waals surface area (Å²) in [5.41, 5.74) is 2.91. The van der Waals surface area contributed by atoms with Crippen molar-refractivity contribution in [2.45, 2.75) is 27.3 Å². The summed E-state index contributed by atoms with van der Waals surface area (Å²) in [5, 5.41) is 11.4. The quantitative estimate of drug-likeness (QED) is 0.562. The molecule has 0 saturated carbocycles. The average Bonchev–Trinajstić information content (AvgIpc) is 3.23. The number of nitrogens with one attached hydrogen (secondary N) is 1. The Bertz CT molecular complexity index is 1100. The van der Waals surface area contributed by atoms with E-state index in [0.717, 1.165) is 34.0 Å². The Labute approximate surface area is 155 Å². The standard InChI is InChI=1S/C20H20N4OS/c1-12(2)11-24-19-15(10-14-7-4-6-13(3)17(14)21-19)18(23-24)22-20(25)16-8-5-9-26-16/h4-10,12H,11H2,1-3H3,(H,22,23,25). The largest absolute Gasteiger partial charge is 0.304 e. The van der Waals surface area contributed by atoms with Crippen molar-refractivity contribution in [3.8, 4) is 0 Å². The molecule has 0 unspecified atom stereocenters. The van der Waals surface area contributed by atoms with Crippen LogP contribution in [0.15, 0.2) is 41.8 Å². The molecular weight excluding hydrogens is 344 g/mol. The number of hydrogen-bond acceptors (Lipinski definition) is 4. The van der Waals surface area contributed by atoms with Gasteiger partial charge in [0.05, 0.1) is 15.8 Å². The van der Waals surface area contributed by atoms with Crippen molar-refractivity contribution in [1.82, 2.24) is 14.8 Å². The van der Waals surface area contributed by atoms with Gasteiger partial charge in [-0.1, -0.05) is 38.1 Å². The number of fused-ring (bicyclic) bond motifs is 2. The Morgan fingerprint density at radius 3 is 2.85 bits per heavy atom. The lowest BCUT2D eigenvalue weighted by Gasteiger charge is -2.06. The molecule has 0 bridgehead atoms. The topological polar surface area (TPSA) is 59.8 Å². The van der Waals surface area contributed by atoms with Gasteiger partial charge in [-0.15, -0.1) is 11.3 Å². The van der Waals surface area contributed by atoms with E-state index < -0.39 is 0 Å². The number of thiophene rings is 1. The van der Waals surface area contributed by atoms with Crippen LogP contribution in [0.25, 0.3) is 21.9 Å². The fourth-order valence-electron chi connectivity index (χ4n) is 3.07. The monoisotopic (exact) mass is 364 g/mol. The lowest BCUT2D eigenvalue weighted by Crippen LogP contribution is -2.12. The number of rotatable bonds is 4. The van der Waals surface area contributed by atoms with Gasteiger partial charge < -0.3 is 5.32 Å². The van der Waals surface area contributed by atoms with E-state index in [2.05, 4.69) is 43.3 Å². The van der Waals surface area contributed by atoms with Crippen LogP contribution >= 0.6 is 11.3 Å². The lowest BCUT2D eigenvalue weighted by atomic mass is 10.1. The summed E-state index contributed by atoms with van der Waals surface area (Å²) in [6.45, 7) is 7.09. The molecule has 26 heavy (non-hydrogen) atoms. The number of benzene rings is 1. The van der Waals surface area contributed by atoms with Crippen molar-refractivity contribution in [1.29, 1.82) is 0 Å². The van der Waals surface area contributed by atoms with Crippen molar-refractivity contribution in [3.63, 3.8) is 0 Å². The van der Waals surface area contributed by atoms with Gasteiger partial charge in [0, 0.05) is 11.9 Å². The molecule has 1 aromatic carbocycles. The van der Waals surface area contributed by atoms with Crippen LogP contribution in [0.1, 0.15) is 29.1 Å². The first-order chi connectivity index (χ1) is 12.5. The van der Waals surface area contributed by atoms with Crippen LogP contribution in [0.4, 0.5) is 5.82 Å². The predicted molar refractivity (Wildman–Crippen MR) is 107 cm³/mol. The zero-order valence-electron chi connectivity index (χ0n) is 15.0. The number of aromatic nitrogens is 3. The van der Waals surface area contributed by atoms with Crippen LogP contribution in [0.2, 0.25) is 0 Å². The Kier molecular flexibility index (Phi) is 4.20. The highest BCUT2D eigenvalue weighted by Gasteiger charge is 2.17. The van der Waals surface area contributed by atoms with Crippen molar-refractivity contribution < 1.29 is 4.79 Å². The average molecular weight is 364 g/mol. The number of para-hydroxylation sites is 1. The van der Waals surface area contributed by atoms with Gasteiger partial charge in [0.15, 0.2) is 11.5 Å². The number of amides is 1. The molecule has 0 fully saturated rings. The number of aryl methyl sites for hydroxylation is 1. The van der Waals surface area contributed by atoms with Crippen molar-refractivity contribution in [2.24, 2.45) is 5.92 Å². The van der Waals surface area contributed by atoms with Gasteiger partial charge >= 0.3 is 0 Å². The molecule has 3 heterocycles. The summed E-state index contributed by atoms with van der Waals surface area (Å²) in [7, 11) is 0. The third kappa shape index (κ3) is 2.97. The van der Waals surface area contributed by atoms with Gasteiger partial charge in [-0.3, -0.25) is 4.79 Å². The highest BCUT2D eigenvalue weighted by atomic mass is 32.1. The van der Waals surface area contributed by atoms with Gasteiger partial charge in [-0.2, -0.15) is 5.10 Å². The van der Waals surface area contributed by atoms with E-state index >= 15 is 0 Å². The molecular formula is C20H20N4OS. The molecule has 4 aromatic rings. The highest BCUT2D eigenvalue weighted by Crippen LogP contribution is 2.28. The van der Waals surface area contributed by atoms with Gasteiger partial charge in [0.2, 0.25) is 0 Å². The smallest absolute Gasteiger partial charge is 0.266 e. The zero-order chi connectivity index (χ0) is 18.3. The summed E-state index contributed by atoms with van der Waals surface area (Å²) in [4.78, 5) is 18.0. The molecule has 0 spiro atoms. The molecule has 1 amide bonds. The molecule has 5 nitrogen and oxygen atoms in total. The second-order valence-corrected chi connectivity index (χ2v) is 7.81. The summed E-state index contributed by atoms with van der Waals surface area (Å²) in [5.74, 6) is 0.851. The third-order valence-corrected chi connectivity index (χ3v) is 5.13. The molecule has 4 rings (SSSR count). The molecule has 0 atom stereocenters. The zero-order valence-corrected chi connectivity index (χ0v) is 15.8. The Hall–Kier alpha value is -2.73. The van der Waals surface area contributed by atoms with Crippen LogP contribution in [-0.2, 0) is 6.54 Å². The molecule has 3 aromatic heterocycles. The maximum Gasteiger partial charge on any atom is 0.266 e. The van der Waals surface area contributed by atoms with E-state index in [-0.39, 0.29) is 5.91 Å². The SMILES string of the molecule is Cc1cccc2cc3c(NC(=O)c4cccs4)nn(CC(C)C)c3nc12. The summed E-state index contributed by atoms with van der Waals surface area (Å²) >= 11 is 1.42. The van der Waals surface area contributed by atoms with Gasteiger partial charge in [-0.25, -0.2) is 9.67 Å². The summed E-state index contributed by atoms with van der Waals surface area (Å²) in [6.07, 6.45) is 0. The number of carbonyl (C=O) groups is 1. The molecule has 1 N–H and O–H groups in total. The molecule has 0 radical (unpaired) electrons. The normalized spacial score (nSPS) is 11.5. The van der Waals surface area contributed by atoms with Crippen molar-refractivity contribution in [2.75, 3.05) is 5.32 Å². The number of carbonyl (C=O) groups excluding carboxylic acids is 1. The fourth-order valence-corrected chi connectivity index (χ4v) is 3.69. The minimum absolute atomic E-state index is 0.138. The second-order valence-electron chi connectivity index (χ2n) is 6.86. The van der Waals surface area contributed by atoms with E-state index in [1.54, 1.807) is 0 Å². The third-order valence-electron chi connectivity index (χ3n) is 4.26. The predicted octanol–water partition coefficient (Wildman–Crippen LogP) is 4.86. The summed E-state index contributed by atoms with van der Waals surface area (Å²) < 4.78 is 1.90. The molecule has 0 aliphatic carbocycles. The highest BCUT2D eigenvalue weighted by molar-refractivity contribution is 7.12. The van der Waals surface area contributed by atoms with Gasteiger partial charge in [0.1, 0.15) is 0 Å². The Morgan fingerprint density at radius 1 is 1.27 bits per heavy atom. The molecule has 0 aliphatic rings. The second kappa shape index (κ2) is 6.53. The van der Waals surface area contributed by atoms with E-state index in [9.17, 15) is 4.79 Å². The molecule has 6 heteroatoms. The maximum atomic E-state index is 12.5. The van der Waals surface area contributed by atoms with Crippen molar-refractivity contribution >= 4 is 45.0 Å². The van der Waals surface area contributed by atoms with E-state index in [4.69, 9.17) is 4.98 Å². The van der Waals surface area contributed by atoms with E-state index in [0.29, 0.717) is 16.6 Å². The number of anilines is 1. The van der Waals surface area contributed by atoms with Crippen LogP contribution < -0.4 is 5.32 Å². The van der Waals surface area contributed by atoms with E-state index in [1.165, 1.54) is 11.3 Å². The van der Waals surface area contributed by atoms with Gasteiger partial charge in [0.25, 0.3) is 5.91 Å². The van der Waals surface area contributed by atoms with Crippen LogP contribution in [0.3, 0.4) is 0 Å². The number of pyridine rings is 1. The van der Waals surface area contributed by atoms with Crippen molar-refractivity contribution in [3.05, 3.63) is 52.2 Å². The Morgan fingerprint density at radius 2 is 2.12 bits per heavy atom. The van der Waals surface area contributed by atoms with E-state index in [1.807, 2.05) is 34.3 Å².